The first-order valence-electron chi connectivity index (χ1n) is 7.90. The van der Waals surface area contributed by atoms with Crippen LogP contribution in [0.2, 0.25) is 0 Å². The van der Waals surface area contributed by atoms with Gasteiger partial charge in [-0.1, -0.05) is 12.1 Å². The van der Waals surface area contributed by atoms with E-state index in [1.54, 1.807) is 12.1 Å². The van der Waals surface area contributed by atoms with E-state index >= 15 is 0 Å². The molecule has 6 heteroatoms. The van der Waals surface area contributed by atoms with Gasteiger partial charge in [0.2, 0.25) is 5.91 Å². The smallest absolute Gasteiger partial charge is 0.305 e. The quantitative estimate of drug-likeness (QED) is 0.744. The van der Waals surface area contributed by atoms with Crippen molar-refractivity contribution in [1.82, 2.24) is 9.80 Å². The predicted molar refractivity (Wildman–Crippen MR) is 84.4 cm³/mol. The predicted octanol–water partition coefficient (Wildman–Crippen LogP) is 1.47. The number of esters is 1. The third-order valence-electron chi connectivity index (χ3n) is 4.05. The molecule has 23 heavy (non-hydrogen) atoms. The van der Waals surface area contributed by atoms with Crippen LogP contribution in [0.1, 0.15) is 18.4 Å². The number of benzene rings is 1. The second kappa shape index (κ2) is 8.62. The monoisotopic (exact) mass is 322 g/mol. The molecule has 126 valence electrons. The molecule has 1 amide bonds. The van der Waals surface area contributed by atoms with Gasteiger partial charge in [-0.05, 0) is 30.7 Å². The fourth-order valence-corrected chi connectivity index (χ4v) is 2.70. The Morgan fingerprint density at radius 2 is 1.96 bits per heavy atom. The van der Waals surface area contributed by atoms with Crippen LogP contribution in [-0.2, 0) is 20.7 Å². The number of halogens is 1. The molecule has 1 heterocycles. The maximum Gasteiger partial charge on any atom is 0.305 e. The standard InChI is InChI=1S/C17H23FN2O3/c1-23-17(22)6-3-7-19-8-10-20(11-9-19)16(21)13-14-4-2-5-15(18)12-14/h2,4-5,12H,3,6-11,13H2,1H3. The Kier molecular flexibility index (Phi) is 6.52. The SMILES string of the molecule is COC(=O)CCCN1CCN(C(=O)Cc2cccc(F)c2)CC1. The molecule has 0 aliphatic carbocycles. The number of nitrogens with zero attached hydrogens (tertiary/aromatic N) is 2. The van der Waals surface area contributed by atoms with Crippen LogP contribution in [0.3, 0.4) is 0 Å². The van der Waals surface area contributed by atoms with Crippen molar-refractivity contribution in [3.63, 3.8) is 0 Å². The van der Waals surface area contributed by atoms with Crippen LogP contribution in [0.25, 0.3) is 0 Å². The van der Waals surface area contributed by atoms with E-state index in [0.717, 1.165) is 26.1 Å². The number of ether oxygens (including phenoxy) is 1. The summed E-state index contributed by atoms with van der Waals surface area (Å²) >= 11 is 0. The Balaban J connectivity index is 1.71. The van der Waals surface area contributed by atoms with Gasteiger partial charge in [0.25, 0.3) is 0 Å². The van der Waals surface area contributed by atoms with Gasteiger partial charge in [0, 0.05) is 32.6 Å². The molecule has 0 atom stereocenters. The molecule has 0 unspecified atom stereocenters. The molecule has 1 fully saturated rings. The van der Waals surface area contributed by atoms with Crippen LogP contribution in [0.4, 0.5) is 4.39 Å². The first-order chi connectivity index (χ1) is 11.1. The van der Waals surface area contributed by atoms with Gasteiger partial charge in [-0.2, -0.15) is 0 Å². The molecule has 0 spiro atoms. The highest BCUT2D eigenvalue weighted by Gasteiger charge is 2.21. The van der Waals surface area contributed by atoms with Crippen molar-refractivity contribution in [2.24, 2.45) is 0 Å². The molecule has 5 nitrogen and oxygen atoms in total. The van der Waals surface area contributed by atoms with Crippen LogP contribution in [0.15, 0.2) is 24.3 Å². The van der Waals surface area contributed by atoms with E-state index in [9.17, 15) is 14.0 Å². The van der Waals surface area contributed by atoms with E-state index < -0.39 is 0 Å². The lowest BCUT2D eigenvalue weighted by Crippen LogP contribution is -2.49. The third kappa shape index (κ3) is 5.63. The second-order valence-electron chi connectivity index (χ2n) is 5.71. The molecule has 0 radical (unpaired) electrons. The first-order valence-corrected chi connectivity index (χ1v) is 7.90. The molecule has 1 aliphatic heterocycles. The van der Waals surface area contributed by atoms with Crippen molar-refractivity contribution in [2.75, 3.05) is 39.8 Å². The fourth-order valence-electron chi connectivity index (χ4n) is 2.70. The number of piperazine rings is 1. The highest BCUT2D eigenvalue weighted by Crippen LogP contribution is 2.09. The number of methoxy groups -OCH3 is 1. The van der Waals surface area contributed by atoms with E-state index in [-0.39, 0.29) is 24.1 Å². The lowest BCUT2D eigenvalue weighted by Gasteiger charge is -2.34. The van der Waals surface area contributed by atoms with E-state index in [0.29, 0.717) is 25.1 Å². The van der Waals surface area contributed by atoms with E-state index in [1.165, 1.54) is 19.2 Å². The van der Waals surface area contributed by atoms with Gasteiger partial charge < -0.3 is 9.64 Å². The summed E-state index contributed by atoms with van der Waals surface area (Å²) < 4.78 is 17.8. The van der Waals surface area contributed by atoms with Crippen LogP contribution >= 0.6 is 0 Å². The van der Waals surface area contributed by atoms with E-state index in [2.05, 4.69) is 9.64 Å². The Labute approximate surface area is 136 Å². The summed E-state index contributed by atoms with van der Waals surface area (Å²) in [4.78, 5) is 27.4. The van der Waals surface area contributed by atoms with E-state index in [4.69, 9.17) is 0 Å². The third-order valence-corrected chi connectivity index (χ3v) is 4.05. The zero-order valence-electron chi connectivity index (χ0n) is 13.5. The largest absolute Gasteiger partial charge is 0.469 e. The first kappa shape index (κ1) is 17.4. The van der Waals surface area contributed by atoms with Crippen LogP contribution < -0.4 is 0 Å². The topological polar surface area (TPSA) is 49.9 Å². The average molecular weight is 322 g/mol. The van der Waals surface area contributed by atoms with Crippen LogP contribution in [0.5, 0.6) is 0 Å². The molecule has 1 aromatic rings. The summed E-state index contributed by atoms with van der Waals surface area (Å²) in [6.07, 6.45) is 1.43. The zero-order chi connectivity index (χ0) is 16.7. The number of carbonyl (C=O) groups excluding carboxylic acids is 2. The molecular formula is C17H23FN2O3. The second-order valence-corrected chi connectivity index (χ2v) is 5.71. The lowest BCUT2D eigenvalue weighted by atomic mass is 10.1. The van der Waals surface area contributed by atoms with Crippen LogP contribution in [0, 0.1) is 5.82 Å². The summed E-state index contributed by atoms with van der Waals surface area (Å²) in [5.41, 5.74) is 0.704. The zero-order valence-corrected chi connectivity index (χ0v) is 13.5. The van der Waals surface area contributed by atoms with Crippen molar-refractivity contribution in [3.8, 4) is 0 Å². The number of hydrogen-bond acceptors (Lipinski definition) is 4. The lowest BCUT2D eigenvalue weighted by molar-refractivity contribution is -0.140. The number of hydrogen-bond donors (Lipinski definition) is 0. The maximum absolute atomic E-state index is 13.1. The molecule has 0 saturated carbocycles. The Morgan fingerprint density at radius 3 is 2.61 bits per heavy atom. The normalized spacial score (nSPS) is 15.5. The van der Waals surface area contributed by atoms with Crippen LogP contribution in [-0.4, -0.2) is 61.5 Å². The molecule has 0 bridgehead atoms. The molecule has 0 N–H and O–H groups in total. The minimum absolute atomic E-state index is 0.0322. The molecule has 1 saturated heterocycles. The Morgan fingerprint density at radius 1 is 1.22 bits per heavy atom. The van der Waals surface area contributed by atoms with Gasteiger partial charge in [-0.3, -0.25) is 14.5 Å². The van der Waals surface area contributed by atoms with Crippen molar-refractivity contribution < 1.29 is 18.7 Å². The molecule has 1 aliphatic rings. The molecular weight excluding hydrogens is 299 g/mol. The van der Waals surface area contributed by atoms with Gasteiger partial charge in [0.15, 0.2) is 0 Å². The highest BCUT2D eigenvalue weighted by atomic mass is 19.1. The van der Waals surface area contributed by atoms with Crippen molar-refractivity contribution >= 4 is 11.9 Å². The summed E-state index contributed by atoms with van der Waals surface area (Å²) in [5.74, 6) is -0.468. The van der Waals surface area contributed by atoms with Gasteiger partial charge in [0.1, 0.15) is 5.82 Å². The molecule has 1 aromatic carbocycles. The summed E-state index contributed by atoms with van der Waals surface area (Å²) in [5, 5.41) is 0. The molecule has 0 aromatic heterocycles. The number of rotatable bonds is 6. The Bertz CT molecular complexity index is 542. The van der Waals surface area contributed by atoms with Crippen molar-refractivity contribution in [3.05, 3.63) is 35.6 Å². The highest BCUT2D eigenvalue weighted by molar-refractivity contribution is 5.78. The minimum Gasteiger partial charge on any atom is -0.469 e. The summed E-state index contributed by atoms with van der Waals surface area (Å²) in [7, 11) is 1.39. The summed E-state index contributed by atoms with van der Waals surface area (Å²) in [6, 6.07) is 6.17. The summed E-state index contributed by atoms with van der Waals surface area (Å²) in [6.45, 7) is 3.78. The van der Waals surface area contributed by atoms with E-state index in [1.807, 2.05) is 4.90 Å². The van der Waals surface area contributed by atoms with Crippen molar-refractivity contribution in [1.29, 1.82) is 0 Å². The Hall–Kier alpha value is -1.95. The van der Waals surface area contributed by atoms with Gasteiger partial charge in [-0.25, -0.2) is 4.39 Å². The number of amides is 1. The van der Waals surface area contributed by atoms with Gasteiger partial charge >= 0.3 is 5.97 Å². The van der Waals surface area contributed by atoms with Gasteiger partial charge in [-0.15, -0.1) is 0 Å². The average Bonchev–Trinajstić information content (AvgIpc) is 2.55. The van der Waals surface area contributed by atoms with Gasteiger partial charge in [0.05, 0.1) is 13.5 Å². The molecule has 2 rings (SSSR count). The fraction of sp³-hybridized carbons (Fsp3) is 0.529. The minimum atomic E-state index is -0.314. The number of carbonyl (C=O) groups is 2. The van der Waals surface area contributed by atoms with Crippen molar-refractivity contribution in [2.45, 2.75) is 19.3 Å². The maximum atomic E-state index is 13.1.